The molecule has 4 rings (SSSR count). The maximum atomic E-state index is 12.3. The molecular formula is C24H21N3O2. The van der Waals surface area contributed by atoms with Crippen LogP contribution < -0.4 is 5.32 Å². The van der Waals surface area contributed by atoms with E-state index in [1.807, 2.05) is 61.5 Å². The first-order chi connectivity index (χ1) is 14.2. The van der Waals surface area contributed by atoms with Gasteiger partial charge in [0.05, 0.1) is 0 Å². The van der Waals surface area contributed by atoms with Crippen LogP contribution in [0.4, 0.5) is 0 Å². The van der Waals surface area contributed by atoms with Gasteiger partial charge in [-0.1, -0.05) is 48.0 Å². The van der Waals surface area contributed by atoms with Crippen LogP contribution in [0.5, 0.6) is 0 Å². The molecular weight excluding hydrogens is 362 g/mol. The van der Waals surface area contributed by atoms with Gasteiger partial charge in [0.2, 0.25) is 11.8 Å². The zero-order valence-corrected chi connectivity index (χ0v) is 16.1. The van der Waals surface area contributed by atoms with E-state index in [-0.39, 0.29) is 5.91 Å². The minimum Gasteiger partial charge on any atom is -0.416 e. The summed E-state index contributed by atoms with van der Waals surface area (Å²) in [5, 5.41) is 11.2. The summed E-state index contributed by atoms with van der Waals surface area (Å²) in [5.74, 6) is 0.803. The van der Waals surface area contributed by atoms with Crippen molar-refractivity contribution in [3.8, 4) is 22.9 Å². The molecule has 0 atom stereocenters. The molecule has 1 N–H and O–H groups in total. The molecule has 144 valence electrons. The van der Waals surface area contributed by atoms with E-state index in [4.69, 9.17) is 4.42 Å². The summed E-state index contributed by atoms with van der Waals surface area (Å²) in [5.41, 5.74) is 4.62. The van der Waals surface area contributed by atoms with Crippen LogP contribution in [0.1, 0.15) is 21.5 Å². The van der Waals surface area contributed by atoms with Gasteiger partial charge in [0.15, 0.2) is 0 Å². The number of hydrogen-bond acceptors (Lipinski definition) is 4. The van der Waals surface area contributed by atoms with Crippen molar-refractivity contribution in [2.24, 2.45) is 0 Å². The smallest absolute Gasteiger partial charge is 0.251 e. The van der Waals surface area contributed by atoms with E-state index in [1.54, 1.807) is 12.1 Å². The number of nitrogens with one attached hydrogen (secondary N) is 1. The predicted molar refractivity (Wildman–Crippen MR) is 112 cm³/mol. The van der Waals surface area contributed by atoms with E-state index in [0.717, 1.165) is 17.5 Å². The van der Waals surface area contributed by atoms with Gasteiger partial charge in [0.25, 0.3) is 5.91 Å². The third kappa shape index (κ3) is 4.58. The van der Waals surface area contributed by atoms with Crippen molar-refractivity contribution < 1.29 is 9.21 Å². The minimum atomic E-state index is -0.0987. The van der Waals surface area contributed by atoms with Crippen molar-refractivity contribution in [1.29, 1.82) is 0 Å². The Morgan fingerprint density at radius 1 is 0.828 bits per heavy atom. The molecule has 0 fully saturated rings. The van der Waals surface area contributed by atoms with Crippen molar-refractivity contribution in [3.63, 3.8) is 0 Å². The Labute approximate surface area is 169 Å². The van der Waals surface area contributed by atoms with Gasteiger partial charge >= 0.3 is 0 Å². The topological polar surface area (TPSA) is 68.0 Å². The molecule has 0 bridgehead atoms. The van der Waals surface area contributed by atoms with E-state index in [0.29, 0.717) is 23.9 Å². The largest absolute Gasteiger partial charge is 0.416 e. The highest BCUT2D eigenvalue weighted by atomic mass is 16.4. The first-order valence-electron chi connectivity index (χ1n) is 9.52. The first-order valence-corrected chi connectivity index (χ1v) is 9.52. The SMILES string of the molecule is Cc1ccc(-c2nnc(-c3ccc(C(=O)NCCc4ccccc4)cc3)o2)cc1. The third-order valence-corrected chi connectivity index (χ3v) is 4.66. The Morgan fingerprint density at radius 3 is 2.03 bits per heavy atom. The average Bonchev–Trinajstić information content (AvgIpc) is 3.25. The monoisotopic (exact) mass is 383 g/mol. The zero-order chi connectivity index (χ0) is 20.1. The number of carbonyl (C=O) groups excluding carboxylic acids is 1. The number of nitrogens with zero attached hydrogens (tertiary/aromatic N) is 2. The Hall–Kier alpha value is -3.73. The van der Waals surface area contributed by atoms with Gasteiger partial charge in [-0.05, 0) is 55.3 Å². The summed E-state index contributed by atoms with van der Waals surface area (Å²) in [6.07, 6.45) is 0.800. The number of aromatic nitrogens is 2. The Balaban J connectivity index is 1.38. The number of rotatable bonds is 6. The average molecular weight is 383 g/mol. The summed E-state index contributed by atoms with van der Waals surface area (Å²) in [6, 6.07) is 25.2. The van der Waals surface area contributed by atoms with Crippen molar-refractivity contribution in [2.75, 3.05) is 6.54 Å². The normalized spacial score (nSPS) is 10.7. The molecule has 1 heterocycles. The molecule has 0 aliphatic carbocycles. The second-order valence-corrected chi connectivity index (χ2v) is 6.85. The van der Waals surface area contributed by atoms with Crippen molar-refractivity contribution in [3.05, 3.63) is 95.6 Å². The van der Waals surface area contributed by atoms with Crippen LogP contribution in [-0.4, -0.2) is 22.6 Å². The molecule has 0 radical (unpaired) electrons. The summed E-state index contributed by atoms with van der Waals surface area (Å²) in [7, 11) is 0. The Morgan fingerprint density at radius 2 is 1.41 bits per heavy atom. The van der Waals surface area contributed by atoms with Crippen molar-refractivity contribution in [2.45, 2.75) is 13.3 Å². The number of amides is 1. The third-order valence-electron chi connectivity index (χ3n) is 4.66. The quantitative estimate of drug-likeness (QED) is 0.525. The first kappa shape index (κ1) is 18.6. The van der Waals surface area contributed by atoms with Gasteiger partial charge in [-0.2, -0.15) is 0 Å². The highest BCUT2D eigenvalue weighted by molar-refractivity contribution is 5.94. The molecule has 5 nitrogen and oxygen atoms in total. The fraction of sp³-hybridized carbons (Fsp3) is 0.125. The van der Waals surface area contributed by atoms with Crippen LogP contribution >= 0.6 is 0 Å². The number of carbonyl (C=O) groups is 1. The zero-order valence-electron chi connectivity index (χ0n) is 16.1. The van der Waals surface area contributed by atoms with E-state index in [9.17, 15) is 4.79 Å². The Bertz CT molecular complexity index is 1090. The van der Waals surface area contributed by atoms with Crippen LogP contribution in [-0.2, 0) is 6.42 Å². The van der Waals surface area contributed by atoms with Gasteiger partial charge in [0.1, 0.15) is 0 Å². The van der Waals surface area contributed by atoms with E-state index < -0.39 is 0 Å². The molecule has 0 aliphatic heterocycles. The second-order valence-electron chi connectivity index (χ2n) is 6.85. The maximum absolute atomic E-state index is 12.3. The Kier molecular flexibility index (Phi) is 5.47. The van der Waals surface area contributed by atoms with Crippen LogP contribution in [0.3, 0.4) is 0 Å². The fourth-order valence-corrected chi connectivity index (χ4v) is 2.98. The number of aryl methyl sites for hydroxylation is 1. The van der Waals surface area contributed by atoms with Crippen LogP contribution in [0, 0.1) is 6.92 Å². The van der Waals surface area contributed by atoms with Crippen LogP contribution in [0.15, 0.2) is 83.3 Å². The fourth-order valence-electron chi connectivity index (χ4n) is 2.98. The minimum absolute atomic E-state index is 0.0987. The van der Waals surface area contributed by atoms with Crippen molar-refractivity contribution >= 4 is 5.91 Å². The van der Waals surface area contributed by atoms with Crippen LogP contribution in [0.25, 0.3) is 22.9 Å². The van der Waals surface area contributed by atoms with E-state index in [1.165, 1.54) is 11.1 Å². The summed E-state index contributed by atoms with van der Waals surface area (Å²) >= 11 is 0. The lowest BCUT2D eigenvalue weighted by molar-refractivity contribution is 0.0954. The number of hydrogen-bond donors (Lipinski definition) is 1. The highest BCUT2D eigenvalue weighted by Gasteiger charge is 2.12. The van der Waals surface area contributed by atoms with Gasteiger partial charge in [-0.15, -0.1) is 10.2 Å². The maximum Gasteiger partial charge on any atom is 0.251 e. The van der Waals surface area contributed by atoms with E-state index >= 15 is 0 Å². The molecule has 1 amide bonds. The second kappa shape index (κ2) is 8.52. The molecule has 29 heavy (non-hydrogen) atoms. The molecule has 0 aliphatic rings. The molecule has 0 saturated carbocycles. The molecule has 5 heteroatoms. The highest BCUT2D eigenvalue weighted by Crippen LogP contribution is 2.24. The van der Waals surface area contributed by atoms with Gasteiger partial charge < -0.3 is 9.73 Å². The molecule has 0 unspecified atom stereocenters. The molecule has 1 aromatic heterocycles. The summed E-state index contributed by atoms with van der Waals surface area (Å²) in [6.45, 7) is 2.62. The predicted octanol–water partition coefficient (Wildman–Crippen LogP) is 4.68. The lowest BCUT2D eigenvalue weighted by atomic mass is 10.1. The molecule has 0 spiro atoms. The van der Waals surface area contributed by atoms with Gasteiger partial charge in [-0.3, -0.25) is 4.79 Å². The molecule has 4 aromatic rings. The molecule has 3 aromatic carbocycles. The van der Waals surface area contributed by atoms with Gasteiger partial charge in [-0.25, -0.2) is 0 Å². The number of benzene rings is 3. The van der Waals surface area contributed by atoms with Gasteiger partial charge in [0, 0.05) is 23.2 Å². The lowest BCUT2D eigenvalue weighted by Crippen LogP contribution is -2.25. The summed E-state index contributed by atoms with van der Waals surface area (Å²) < 4.78 is 5.79. The summed E-state index contributed by atoms with van der Waals surface area (Å²) in [4.78, 5) is 12.3. The molecule has 0 saturated heterocycles. The van der Waals surface area contributed by atoms with E-state index in [2.05, 4.69) is 27.6 Å². The van der Waals surface area contributed by atoms with Crippen molar-refractivity contribution in [1.82, 2.24) is 15.5 Å². The standard InChI is InChI=1S/C24H21N3O2/c1-17-7-9-20(10-8-17)23-26-27-24(29-23)21-13-11-19(12-14-21)22(28)25-16-15-18-5-3-2-4-6-18/h2-14H,15-16H2,1H3,(H,25,28). The van der Waals surface area contributed by atoms with Crippen LogP contribution in [0.2, 0.25) is 0 Å². The lowest BCUT2D eigenvalue weighted by Gasteiger charge is -2.06.